The second kappa shape index (κ2) is 9.43. The van der Waals surface area contributed by atoms with Crippen LogP contribution < -0.4 is 5.62 Å². The molecule has 5 aromatic rings. The molecule has 0 unspecified atom stereocenters. The van der Waals surface area contributed by atoms with Crippen molar-refractivity contribution in [2.24, 2.45) is 14.1 Å². The number of aryl methyl sites for hydroxylation is 2. The highest BCUT2D eigenvalue weighted by molar-refractivity contribution is 6.33. The van der Waals surface area contributed by atoms with Crippen LogP contribution in [0, 0.1) is 5.41 Å². The van der Waals surface area contributed by atoms with Gasteiger partial charge in [-0.1, -0.05) is 74.0 Å². The zero-order valence-corrected chi connectivity index (χ0v) is 21.9. The molecule has 5 rings (SSSR count). The lowest BCUT2D eigenvalue weighted by molar-refractivity contribution is -0.140. The molecule has 1 N–H and O–H groups in total. The van der Waals surface area contributed by atoms with Gasteiger partial charge in [-0.25, -0.2) is 15.0 Å². The zero-order valence-electron chi connectivity index (χ0n) is 21.2. The molecule has 0 aliphatic heterocycles. The van der Waals surface area contributed by atoms with Crippen molar-refractivity contribution in [3.63, 3.8) is 0 Å². The van der Waals surface area contributed by atoms with E-state index in [4.69, 9.17) is 22.0 Å². The van der Waals surface area contributed by atoms with E-state index in [-0.39, 0.29) is 22.5 Å². The van der Waals surface area contributed by atoms with Crippen LogP contribution in [0.4, 0.5) is 13.2 Å². The molecule has 196 valence electrons. The summed E-state index contributed by atoms with van der Waals surface area (Å²) in [5.74, 6) is 0.955. The Hall–Kier alpha value is -3.92. The zero-order chi connectivity index (χ0) is 27.4. The Balaban J connectivity index is 1.55. The molecule has 0 fully saturated rings. The first-order chi connectivity index (χ1) is 18.0. The van der Waals surface area contributed by atoms with Gasteiger partial charge in [-0.3, -0.25) is 9.98 Å². The van der Waals surface area contributed by atoms with Crippen LogP contribution in [0.1, 0.15) is 36.6 Å². The van der Waals surface area contributed by atoms with Crippen molar-refractivity contribution in [1.29, 1.82) is 5.41 Å². The Morgan fingerprint density at radius 3 is 2.29 bits per heavy atom. The Morgan fingerprint density at radius 2 is 1.66 bits per heavy atom. The third-order valence-corrected chi connectivity index (χ3v) is 6.79. The van der Waals surface area contributed by atoms with Crippen LogP contribution in [0.25, 0.3) is 33.9 Å². The summed E-state index contributed by atoms with van der Waals surface area (Å²) < 4.78 is 44.0. The maximum absolute atomic E-state index is 13.1. The molecule has 0 spiro atoms. The molecule has 0 aliphatic rings. The average Bonchev–Trinajstić information content (AvgIpc) is 3.38. The number of benzene rings is 2. The lowest BCUT2D eigenvalue weighted by Gasteiger charge is -2.12. The lowest BCUT2D eigenvalue weighted by atomic mass is 9.97. The predicted octanol–water partition coefficient (Wildman–Crippen LogP) is 6.16. The fourth-order valence-corrected chi connectivity index (χ4v) is 4.86. The van der Waals surface area contributed by atoms with Crippen molar-refractivity contribution in [3.05, 3.63) is 82.3 Å². The quantitative estimate of drug-likeness (QED) is 0.272. The van der Waals surface area contributed by atoms with Crippen LogP contribution in [0.2, 0.25) is 5.15 Å². The van der Waals surface area contributed by atoms with Gasteiger partial charge >= 0.3 is 6.18 Å². The summed E-state index contributed by atoms with van der Waals surface area (Å²) in [6.45, 7) is 4.51. The third kappa shape index (κ3) is 4.49. The summed E-state index contributed by atoms with van der Waals surface area (Å²) in [6.07, 6.45) is -3.54. The molecule has 0 bridgehead atoms. The molecule has 38 heavy (non-hydrogen) atoms. The van der Waals surface area contributed by atoms with E-state index < -0.39 is 11.9 Å². The van der Waals surface area contributed by atoms with Gasteiger partial charge in [-0.15, -0.1) is 0 Å². The minimum absolute atomic E-state index is 0.188. The van der Waals surface area contributed by atoms with Crippen molar-refractivity contribution >= 4 is 22.8 Å². The number of fused-ring (bicyclic) bond motifs is 1. The predicted molar refractivity (Wildman–Crippen MR) is 140 cm³/mol. The van der Waals surface area contributed by atoms with Crippen LogP contribution in [0.5, 0.6) is 0 Å². The summed E-state index contributed by atoms with van der Waals surface area (Å²) >= 11 is 6.62. The molecule has 0 amide bonds. The van der Waals surface area contributed by atoms with Gasteiger partial charge < -0.3 is 9.13 Å². The van der Waals surface area contributed by atoms with E-state index in [0.717, 1.165) is 22.9 Å². The number of nitrogens with one attached hydrogen (secondary N) is 1. The van der Waals surface area contributed by atoms with Gasteiger partial charge in [0.25, 0.3) is 0 Å². The highest BCUT2D eigenvalue weighted by Gasteiger charge is 2.34. The topological polar surface area (TPSA) is 77.3 Å². The first kappa shape index (κ1) is 25.7. The largest absolute Gasteiger partial charge is 0.434 e. The Kier molecular flexibility index (Phi) is 6.38. The number of nitrogens with zero attached hydrogens (tertiary/aromatic N) is 6. The van der Waals surface area contributed by atoms with Gasteiger partial charge in [-0.05, 0) is 17.0 Å². The minimum Gasteiger partial charge on any atom is -0.333 e. The van der Waals surface area contributed by atoms with Crippen molar-refractivity contribution in [2.75, 3.05) is 0 Å². The van der Waals surface area contributed by atoms with Crippen LogP contribution in [0.3, 0.4) is 0 Å². The van der Waals surface area contributed by atoms with Crippen LogP contribution in [-0.4, -0.2) is 28.7 Å². The van der Waals surface area contributed by atoms with E-state index in [1.165, 1.54) is 11.6 Å². The average molecular weight is 540 g/mol. The van der Waals surface area contributed by atoms with Gasteiger partial charge in [-0.2, -0.15) is 13.2 Å². The van der Waals surface area contributed by atoms with Gasteiger partial charge in [0.15, 0.2) is 22.3 Å². The Bertz CT molecular complexity index is 1710. The number of aromatic nitrogens is 6. The molecule has 0 atom stereocenters. The summed E-state index contributed by atoms with van der Waals surface area (Å²) in [7, 11) is 3.27. The van der Waals surface area contributed by atoms with E-state index in [1.54, 1.807) is 40.4 Å². The lowest BCUT2D eigenvalue weighted by Crippen LogP contribution is -2.23. The van der Waals surface area contributed by atoms with Gasteiger partial charge in [0.05, 0.1) is 6.54 Å². The molecule has 0 aliphatic carbocycles. The molecular weight excluding hydrogens is 515 g/mol. The maximum Gasteiger partial charge on any atom is 0.434 e. The standard InChI is InChI=1S/C27H25ClF3N7/c1-15(2)18-7-5-6-8-19(18)23-34-22(28)21-25(35-23)38(26(32)37(21)4)13-16-9-11-17(12-10-16)24-33-20(14-36(24)3)27(29,30)31/h5-12,14-15,32H,13H2,1-4H3. The second-order valence-electron chi connectivity index (χ2n) is 9.48. The van der Waals surface area contributed by atoms with E-state index in [1.807, 2.05) is 24.3 Å². The van der Waals surface area contributed by atoms with E-state index in [9.17, 15) is 13.2 Å². The van der Waals surface area contributed by atoms with Gasteiger partial charge in [0, 0.05) is 31.4 Å². The van der Waals surface area contributed by atoms with Gasteiger partial charge in [0.2, 0.25) is 5.62 Å². The van der Waals surface area contributed by atoms with E-state index in [0.29, 0.717) is 29.1 Å². The van der Waals surface area contributed by atoms with E-state index in [2.05, 4.69) is 23.8 Å². The molecule has 0 radical (unpaired) electrons. The van der Waals surface area contributed by atoms with Crippen molar-refractivity contribution < 1.29 is 13.2 Å². The fraction of sp³-hybridized carbons (Fsp3) is 0.259. The maximum atomic E-state index is 13.1. The summed E-state index contributed by atoms with van der Waals surface area (Å²) in [4.78, 5) is 13.2. The van der Waals surface area contributed by atoms with Crippen molar-refractivity contribution in [1.82, 2.24) is 28.7 Å². The van der Waals surface area contributed by atoms with E-state index >= 15 is 0 Å². The SMILES string of the molecule is CC(C)c1ccccc1-c1nc(Cl)c2c(n1)n(Cc1ccc(-c3nc(C(F)(F)F)cn3C)cc1)c(=N)n2C. The van der Waals surface area contributed by atoms with Crippen LogP contribution in [-0.2, 0) is 26.8 Å². The first-order valence-corrected chi connectivity index (χ1v) is 12.3. The highest BCUT2D eigenvalue weighted by atomic mass is 35.5. The normalized spacial score (nSPS) is 12.1. The second-order valence-corrected chi connectivity index (χ2v) is 9.83. The molecule has 0 saturated carbocycles. The van der Waals surface area contributed by atoms with Crippen LogP contribution in [0.15, 0.2) is 54.7 Å². The number of imidazole rings is 2. The number of hydrogen-bond donors (Lipinski definition) is 1. The number of alkyl halides is 3. The molecule has 0 saturated heterocycles. The van der Waals surface area contributed by atoms with Crippen molar-refractivity contribution in [3.8, 4) is 22.8 Å². The molecule has 11 heteroatoms. The van der Waals surface area contributed by atoms with Crippen LogP contribution >= 0.6 is 11.6 Å². The minimum atomic E-state index is -4.51. The third-order valence-electron chi connectivity index (χ3n) is 6.53. The van der Waals surface area contributed by atoms with Crippen molar-refractivity contribution in [2.45, 2.75) is 32.5 Å². The number of rotatable bonds is 5. The molecule has 7 nitrogen and oxygen atoms in total. The van der Waals surface area contributed by atoms with Gasteiger partial charge in [0.1, 0.15) is 11.3 Å². The molecule has 2 aromatic carbocycles. The molecule has 3 aromatic heterocycles. The first-order valence-electron chi connectivity index (χ1n) is 11.9. The summed E-state index contributed by atoms with van der Waals surface area (Å²) in [6, 6.07) is 15.0. The Morgan fingerprint density at radius 1 is 0.974 bits per heavy atom. The number of halogens is 4. The fourth-order valence-electron chi connectivity index (χ4n) is 4.57. The monoisotopic (exact) mass is 539 g/mol. The summed E-state index contributed by atoms with van der Waals surface area (Å²) in [5, 5.41) is 8.95. The molecule has 3 heterocycles. The molecular formula is C27H25ClF3N7. The smallest absolute Gasteiger partial charge is 0.333 e. The summed E-state index contributed by atoms with van der Waals surface area (Å²) in [5.41, 5.74) is 3.69. The highest BCUT2D eigenvalue weighted by Crippen LogP contribution is 2.32. The Labute approximate surface area is 221 Å². The number of hydrogen-bond acceptors (Lipinski definition) is 4.